The van der Waals surface area contributed by atoms with Crippen molar-refractivity contribution in [2.45, 2.75) is 4.90 Å². The van der Waals surface area contributed by atoms with E-state index in [2.05, 4.69) is 0 Å². The standard InChI is InChI=1S/C16H11FO2S.Na.H/c17-15-6-3-11(4-7-15)12-1-2-14-10-16(20(18)19)8-5-13(14)9-12;;/h1-10H,(H,18,19);;/q;+1;-1. The van der Waals surface area contributed by atoms with Gasteiger partial charge in [0.2, 0.25) is 0 Å². The van der Waals surface area contributed by atoms with Gasteiger partial charge in [0.25, 0.3) is 0 Å². The zero-order valence-electron chi connectivity index (χ0n) is 12.4. The van der Waals surface area contributed by atoms with E-state index >= 15 is 0 Å². The number of hydrogen-bond acceptors (Lipinski definition) is 1. The number of benzene rings is 3. The van der Waals surface area contributed by atoms with Crippen molar-refractivity contribution in [2.75, 3.05) is 0 Å². The number of fused-ring (bicyclic) bond motifs is 1. The third kappa shape index (κ3) is 3.59. The second-order valence-corrected chi connectivity index (χ2v) is 5.45. The van der Waals surface area contributed by atoms with Gasteiger partial charge in [-0.1, -0.05) is 30.3 Å². The molecule has 0 heterocycles. The van der Waals surface area contributed by atoms with Gasteiger partial charge in [0, 0.05) is 0 Å². The molecule has 5 heteroatoms. The fourth-order valence-corrected chi connectivity index (χ4v) is 2.57. The third-order valence-corrected chi connectivity index (χ3v) is 3.85. The van der Waals surface area contributed by atoms with Crippen LogP contribution in [0, 0.1) is 5.82 Å². The van der Waals surface area contributed by atoms with Gasteiger partial charge in [-0.15, -0.1) is 0 Å². The quantitative estimate of drug-likeness (QED) is 0.573. The molecule has 102 valence electrons. The van der Waals surface area contributed by atoms with Crippen LogP contribution >= 0.6 is 0 Å². The summed E-state index contributed by atoms with van der Waals surface area (Å²) >= 11 is -1.97. The molecule has 0 spiro atoms. The summed E-state index contributed by atoms with van der Waals surface area (Å²) in [4.78, 5) is 0.382. The van der Waals surface area contributed by atoms with E-state index in [-0.39, 0.29) is 36.8 Å². The first kappa shape index (κ1) is 16.3. The molecule has 0 saturated carbocycles. The maximum absolute atomic E-state index is 12.9. The van der Waals surface area contributed by atoms with Gasteiger partial charge in [-0.05, 0) is 52.2 Å². The van der Waals surface area contributed by atoms with Crippen LogP contribution in [0.15, 0.2) is 65.6 Å². The van der Waals surface area contributed by atoms with Crippen molar-refractivity contribution in [3.05, 3.63) is 66.5 Å². The van der Waals surface area contributed by atoms with Crippen molar-refractivity contribution in [3.63, 3.8) is 0 Å². The molecule has 0 bridgehead atoms. The molecule has 21 heavy (non-hydrogen) atoms. The second kappa shape index (κ2) is 6.81. The van der Waals surface area contributed by atoms with Crippen molar-refractivity contribution < 1.29 is 44.1 Å². The van der Waals surface area contributed by atoms with Crippen molar-refractivity contribution in [3.8, 4) is 11.1 Å². The van der Waals surface area contributed by atoms with E-state index in [1.54, 1.807) is 24.3 Å². The van der Waals surface area contributed by atoms with E-state index in [4.69, 9.17) is 4.55 Å². The van der Waals surface area contributed by atoms with Crippen LogP contribution in [0.3, 0.4) is 0 Å². The first-order valence-electron chi connectivity index (χ1n) is 6.04. The van der Waals surface area contributed by atoms with Crippen LogP contribution in [-0.4, -0.2) is 8.76 Å². The first-order valence-corrected chi connectivity index (χ1v) is 7.15. The minimum atomic E-state index is -1.97. The average molecular weight is 310 g/mol. The summed E-state index contributed by atoms with van der Waals surface area (Å²) in [6.07, 6.45) is 0. The molecule has 1 unspecified atom stereocenters. The van der Waals surface area contributed by atoms with Crippen molar-refractivity contribution in [1.29, 1.82) is 0 Å². The fourth-order valence-electron chi connectivity index (χ4n) is 2.15. The molecule has 0 amide bonds. The van der Waals surface area contributed by atoms with Crippen LogP contribution in [0.2, 0.25) is 0 Å². The molecule has 2 nitrogen and oxygen atoms in total. The Morgan fingerprint density at radius 3 is 2.10 bits per heavy atom. The third-order valence-electron chi connectivity index (χ3n) is 3.19. The predicted octanol–water partition coefficient (Wildman–Crippen LogP) is 1.34. The summed E-state index contributed by atoms with van der Waals surface area (Å²) in [5, 5.41) is 1.87. The Morgan fingerprint density at radius 1 is 0.857 bits per heavy atom. The Hall–Kier alpha value is -1.04. The molecular weight excluding hydrogens is 298 g/mol. The monoisotopic (exact) mass is 310 g/mol. The molecule has 0 aromatic heterocycles. The molecule has 0 fully saturated rings. The predicted molar refractivity (Wildman–Crippen MR) is 79.5 cm³/mol. The van der Waals surface area contributed by atoms with E-state index in [0.29, 0.717) is 4.90 Å². The molecule has 0 saturated heterocycles. The summed E-state index contributed by atoms with van der Waals surface area (Å²) in [7, 11) is 0. The molecule has 0 aliphatic heterocycles. The summed E-state index contributed by atoms with van der Waals surface area (Å²) in [6.45, 7) is 0. The zero-order valence-corrected chi connectivity index (χ0v) is 14.2. The molecule has 1 atom stereocenters. The van der Waals surface area contributed by atoms with E-state index < -0.39 is 11.1 Å². The summed E-state index contributed by atoms with van der Waals surface area (Å²) in [6, 6.07) is 17.2. The van der Waals surface area contributed by atoms with Crippen molar-refractivity contribution in [1.82, 2.24) is 0 Å². The number of rotatable bonds is 2. The Balaban J connectivity index is 0.00000121. The SMILES string of the molecule is O=S(O)c1ccc2cc(-c3ccc(F)cc3)ccc2c1.[H-].[Na+]. The second-order valence-electron chi connectivity index (χ2n) is 4.48. The topological polar surface area (TPSA) is 37.3 Å². The van der Waals surface area contributed by atoms with Crippen molar-refractivity contribution >= 4 is 21.9 Å². The van der Waals surface area contributed by atoms with Gasteiger partial charge in [0.05, 0.1) is 4.90 Å². The first-order chi connectivity index (χ1) is 9.63. The largest absolute Gasteiger partial charge is 1.00 e. The smallest absolute Gasteiger partial charge is 1.00 e. The molecule has 1 N–H and O–H groups in total. The molecule has 3 aromatic rings. The summed E-state index contributed by atoms with van der Waals surface area (Å²) in [5.41, 5.74) is 1.92. The van der Waals surface area contributed by atoms with Gasteiger partial charge in [-0.2, -0.15) is 0 Å². The molecule has 3 aromatic carbocycles. The molecule has 0 aliphatic rings. The Morgan fingerprint density at radius 2 is 1.43 bits per heavy atom. The maximum Gasteiger partial charge on any atom is 1.00 e. The molecule has 0 radical (unpaired) electrons. The van der Waals surface area contributed by atoms with Gasteiger partial charge in [-0.25, -0.2) is 8.60 Å². The molecule has 0 aliphatic carbocycles. The van der Waals surface area contributed by atoms with Crippen LogP contribution in [0.4, 0.5) is 4.39 Å². The normalized spacial score (nSPS) is 11.9. The van der Waals surface area contributed by atoms with Crippen molar-refractivity contribution in [2.24, 2.45) is 0 Å². The minimum absolute atomic E-state index is 0. The maximum atomic E-state index is 12.9. The van der Waals surface area contributed by atoms with Crippen LogP contribution in [0.5, 0.6) is 0 Å². The minimum Gasteiger partial charge on any atom is -1.00 e. The van der Waals surface area contributed by atoms with Crippen LogP contribution < -0.4 is 29.6 Å². The van der Waals surface area contributed by atoms with Gasteiger partial charge >= 0.3 is 29.6 Å². The molecule has 3 rings (SSSR count). The summed E-state index contributed by atoms with van der Waals surface area (Å²) < 4.78 is 33.0. The van der Waals surface area contributed by atoms with E-state index in [0.717, 1.165) is 21.9 Å². The number of halogens is 1. The van der Waals surface area contributed by atoms with Gasteiger partial charge < -0.3 is 5.98 Å². The van der Waals surface area contributed by atoms with E-state index in [9.17, 15) is 8.60 Å². The van der Waals surface area contributed by atoms with Crippen LogP contribution in [0.25, 0.3) is 21.9 Å². The van der Waals surface area contributed by atoms with Gasteiger partial charge in [-0.3, -0.25) is 0 Å². The molecular formula is C16H12FNaO2S. The van der Waals surface area contributed by atoms with E-state index in [1.807, 2.05) is 24.3 Å². The average Bonchev–Trinajstić information content (AvgIpc) is 2.47. The number of hydrogen-bond donors (Lipinski definition) is 1. The van der Waals surface area contributed by atoms with E-state index in [1.165, 1.54) is 12.1 Å². The Labute approximate surface area is 148 Å². The van der Waals surface area contributed by atoms with Gasteiger partial charge in [0.15, 0.2) is 11.1 Å². The van der Waals surface area contributed by atoms with Crippen LogP contribution in [0.1, 0.15) is 1.43 Å². The van der Waals surface area contributed by atoms with Gasteiger partial charge in [0.1, 0.15) is 5.82 Å². The zero-order chi connectivity index (χ0) is 14.1. The summed E-state index contributed by atoms with van der Waals surface area (Å²) in [5.74, 6) is -0.260. The Kier molecular flexibility index (Phi) is 5.30. The fraction of sp³-hybridized carbons (Fsp3) is 0. The van der Waals surface area contributed by atoms with Crippen LogP contribution in [-0.2, 0) is 11.1 Å². The Bertz CT molecular complexity index is 809.